The fourth-order valence-corrected chi connectivity index (χ4v) is 3.25. The van der Waals surface area contributed by atoms with Crippen molar-refractivity contribution in [1.29, 1.82) is 0 Å². The Morgan fingerprint density at radius 2 is 2.27 bits per heavy atom. The van der Waals surface area contributed by atoms with Crippen molar-refractivity contribution in [3.63, 3.8) is 0 Å². The summed E-state index contributed by atoms with van der Waals surface area (Å²) in [6.45, 7) is 3.59. The van der Waals surface area contributed by atoms with Crippen LogP contribution in [0, 0.1) is 11.7 Å². The van der Waals surface area contributed by atoms with E-state index in [0.717, 1.165) is 47.6 Å². The molecule has 3 heterocycles. The molecular weight excluding hydrogens is 298 g/mol. The minimum atomic E-state index is 0.202. The van der Waals surface area contributed by atoms with Gasteiger partial charge >= 0.3 is 0 Å². The Morgan fingerprint density at radius 3 is 3.05 bits per heavy atom. The summed E-state index contributed by atoms with van der Waals surface area (Å²) in [7, 11) is 0. The van der Waals surface area contributed by atoms with Crippen LogP contribution in [0.3, 0.4) is 0 Å². The Balaban J connectivity index is 1.81. The summed E-state index contributed by atoms with van der Waals surface area (Å²) in [5.41, 5.74) is 1.95. The van der Waals surface area contributed by atoms with E-state index in [9.17, 15) is 0 Å². The highest BCUT2D eigenvalue weighted by Crippen LogP contribution is 2.32. The molecule has 1 N–H and O–H groups in total. The Hall–Kier alpha value is -1.92. The molecule has 0 radical (unpaired) electrons. The molecule has 1 atom stereocenters. The summed E-state index contributed by atoms with van der Waals surface area (Å²) in [5, 5.41) is 8.37. The monoisotopic (exact) mass is 315 g/mol. The minimum absolute atomic E-state index is 0.202. The van der Waals surface area contributed by atoms with Gasteiger partial charge in [-0.3, -0.25) is 9.67 Å². The molecule has 1 saturated heterocycles. The molecule has 1 aliphatic rings. The fourth-order valence-electron chi connectivity index (χ4n) is 3.04. The number of hydrogen-bond acceptors (Lipinski definition) is 4. The van der Waals surface area contributed by atoms with Crippen LogP contribution >= 0.6 is 12.2 Å². The smallest absolute Gasteiger partial charge is 0.198 e. The maximum Gasteiger partial charge on any atom is 0.198 e. The van der Waals surface area contributed by atoms with Gasteiger partial charge in [-0.2, -0.15) is 5.10 Å². The summed E-state index contributed by atoms with van der Waals surface area (Å²) < 4.78 is 14.3. The molecular formula is C16H17N3O2S. The van der Waals surface area contributed by atoms with E-state index in [4.69, 9.17) is 21.4 Å². The number of para-hydroxylation sites is 1. The molecule has 114 valence electrons. The van der Waals surface area contributed by atoms with Gasteiger partial charge in [-0.15, -0.1) is 0 Å². The van der Waals surface area contributed by atoms with Crippen molar-refractivity contribution in [2.24, 2.45) is 0 Å². The number of aromatic amines is 1. The molecule has 0 aliphatic carbocycles. The molecule has 2 aromatic heterocycles. The molecule has 0 saturated carbocycles. The number of aromatic nitrogens is 3. The second kappa shape index (κ2) is 5.37. The molecule has 6 heteroatoms. The second-order valence-electron chi connectivity index (χ2n) is 5.65. The fraction of sp³-hybridized carbons (Fsp3) is 0.375. The Kier molecular flexibility index (Phi) is 3.35. The molecule has 5 nitrogen and oxygen atoms in total. The van der Waals surface area contributed by atoms with Gasteiger partial charge in [0.2, 0.25) is 0 Å². The van der Waals surface area contributed by atoms with E-state index in [1.165, 1.54) is 0 Å². The maximum atomic E-state index is 6.01. The quantitative estimate of drug-likeness (QED) is 0.746. The average Bonchev–Trinajstić information content (AvgIpc) is 3.23. The first kappa shape index (κ1) is 13.7. The van der Waals surface area contributed by atoms with Gasteiger partial charge in [-0.25, -0.2) is 0 Å². The predicted molar refractivity (Wildman–Crippen MR) is 86.3 cm³/mol. The van der Waals surface area contributed by atoms with E-state index in [0.29, 0.717) is 11.3 Å². The second-order valence-corrected chi connectivity index (χ2v) is 6.04. The molecule has 1 aliphatic heterocycles. The predicted octanol–water partition coefficient (Wildman–Crippen LogP) is 3.84. The third-order valence-electron chi connectivity index (χ3n) is 4.22. The molecule has 4 rings (SSSR count). The van der Waals surface area contributed by atoms with E-state index in [1.54, 1.807) is 0 Å². The molecule has 1 aromatic carbocycles. The van der Waals surface area contributed by atoms with Crippen molar-refractivity contribution in [2.75, 3.05) is 6.61 Å². The number of rotatable bonds is 3. The van der Waals surface area contributed by atoms with Crippen molar-refractivity contribution in [1.82, 2.24) is 14.8 Å². The zero-order valence-corrected chi connectivity index (χ0v) is 13.2. The van der Waals surface area contributed by atoms with Gasteiger partial charge in [0, 0.05) is 17.6 Å². The van der Waals surface area contributed by atoms with Crippen molar-refractivity contribution in [3.8, 4) is 11.6 Å². The Morgan fingerprint density at radius 1 is 1.41 bits per heavy atom. The molecule has 0 spiro atoms. The summed E-state index contributed by atoms with van der Waals surface area (Å²) in [6, 6.07) is 8.01. The number of aryl methyl sites for hydroxylation is 1. The van der Waals surface area contributed by atoms with Crippen molar-refractivity contribution < 1.29 is 9.15 Å². The summed E-state index contributed by atoms with van der Waals surface area (Å²) in [4.78, 5) is 0. The lowest BCUT2D eigenvalue weighted by Gasteiger charge is -2.11. The molecule has 1 fully saturated rings. The first-order valence-electron chi connectivity index (χ1n) is 7.49. The van der Waals surface area contributed by atoms with Gasteiger partial charge in [-0.05, 0) is 38.0 Å². The number of H-pyrrole nitrogens is 1. The van der Waals surface area contributed by atoms with E-state index >= 15 is 0 Å². The van der Waals surface area contributed by atoms with Gasteiger partial charge in [-0.1, -0.05) is 18.2 Å². The van der Waals surface area contributed by atoms with Crippen LogP contribution < -0.4 is 0 Å². The zero-order valence-electron chi connectivity index (χ0n) is 12.3. The molecule has 1 unspecified atom stereocenters. The van der Waals surface area contributed by atoms with Gasteiger partial charge < -0.3 is 9.15 Å². The highest BCUT2D eigenvalue weighted by Gasteiger charge is 2.22. The third kappa shape index (κ3) is 2.19. The van der Waals surface area contributed by atoms with Crippen LogP contribution in [0.5, 0.6) is 0 Å². The number of furan rings is 1. The highest BCUT2D eigenvalue weighted by molar-refractivity contribution is 7.71. The lowest BCUT2D eigenvalue weighted by molar-refractivity contribution is 0.0969. The van der Waals surface area contributed by atoms with Crippen LogP contribution in [0.1, 0.15) is 18.4 Å². The maximum absolute atomic E-state index is 6.01. The van der Waals surface area contributed by atoms with Gasteiger partial charge in [0.25, 0.3) is 0 Å². The van der Waals surface area contributed by atoms with E-state index in [2.05, 4.69) is 23.2 Å². The summed E-state index contributed by atoms with van der Waals surface area (Å²) in [5.74, 6) is 1.51. The zero-order chi connectivity index (χ0) is 15.1. The third-order valence-corrected chi connectivity index (χ3v) is 4.53. The normalized spacial score (nSPS) is 18.3. The SMILES string of the molecule is Cc1c(-c2n[nH]c(=S)n2CC2CCCO2)oc2ccccc12. The van der Waals surface area contributed by atoms with Crippen LogP contribution in [-0.4, -0.2) is 27.5 Å². The molecule has 3 aromatic rings. The topological polar surface area (TPSA) is 56.0 Å². The molecule has 22 heavy (non-hydrogen) atoms. The van der Waals surface area contributed by atoms with Gasteiger partial charge in [0.05, 0.1) is 12.6 Å². The Bertz CT molecular complexity index is 871. The van der Waals surface area contributed by atoms with E-state index < -0.39 is 0 Å². The standard InChI is InChI=1S/C16H17N3O2S/c1-10-12-6-2-3-7-13(12)21-14(10)15-17-18-16(22)19(15)9-11-5-4-8-20-11/h2-3,6-7,11H,4-5,8-9H2,1H3,(H,18,22). The lowest BCUT2D eigenvalue weighted by atomic mass is 10.1. The molecule has 0 bridgehead atoms. The van der Waals surface area contributed by atoms with Crippen molar-refractivity contribution >= 4 is 23.2 Å². The van der Waals surface area contributed by atoms with Gasteiger partial charge in [0.1, 0.15) is 5.58 Å². The van der Waals surface area contributed by atoms with Gasteiger partial charge in [0.15, 0.2) is 16.4 Å². The van der Waals surface area contributed by atoms with Crippen LogP contribution in [-0.2, 0) is 11.3 Å². The summed E-state index contributed by atoms with van der Waals surface area (Å²) in [6.07, 6.45) is 2.37. The number of fused-ring (bicyclic) bond motifs is 1. The number of hydrogen-bond donors (Lipinski definition) is 1. The van der Waals surface area contributed by atoms with Crippen LogP contribution in [0.15, 0.2) is 28.7 Å². The average molecular weight is 315 g/mol. The number of benzene rings is 1. The first-order valence-corrected chi connectivity index (χ1v) is 7.90. The number of ether oxygens (including phenoxy) is 1. The Labute approximate surface area is 132 Å². The highest BCUT2D eigenvalue weighted by atomic mass is 32.1. The first-order chi connectivity index (χ1) is 10.7. The van der Waals surface area contributed by atoms with E-state index in [1.807, 2.05) is 22.8 Å². The van der Waals surface area contributed by atoms with Crippen molar-refractivity contribution in [3.05, 3.63) is 34.6 Å². The van der Waals surface area contributed by atoms with Crippen LogP contribution in [0.4, 0.5) is 0 Å². The molecule has 0 amide bonds. The number of nitrogens with one attached hydrogen (secondary N) is 1. The minimum Gasteiger partial charge on any atom is -0.452 e. The lowest BCUT2D eigenvalue weighted by Crippen LogP contribution is -2.16. The van der Waals surface area contributed by atoms with Crippen LogP contribution in [0.25, 0.3) is 22.6 Å². The summed E-state index contributed by atoms with van der Waals surface area (Å²) >= 11 is 5.38. The van der Waals surface area contributed by atoms with E-state index in [-0.39, 0.29) is 6.10 Å². The van der Waals surface area contributed by atoms with Crippen LogP contribution in [0.2, 0.25) is 0 Å². The number of nitrogens with zero attached hydrogens (tertiary/aromatic N) is 2. The largest absolute Gasteiger partial charge is 0.452 e. The van der Waals surface area contributed by atoms with Crippen molar-refractivity contribution in [2.45, 2.75) is 32.4 Å².